The molecule has 0 bridgehead atoms. The van der Waals surface area contributed by atoms with Gasteiger partial charge in [-0.05, 0) is 10.8 Å². The first kappa shape index (κ1) is 10.0. The smallest absolute Gasteiger partial charge is 0.0105 e. The average Bonchev–Trinajstić information content (AvgIpc) is 2.02. The molecule has 1 aliphatic heterocycles. The van der Waals surface area contributed by atoms with Crippen molar-refractivity contribution in [3.8, 4) is 0 Å². The van der Waals surface area contributed by atoms with E-state index in [9.17, 15) is 0 Å². The Labute approximate surface area is 76.1 Å². The van der Waals surface area contributed by atoms with Crippen LogP contribution in [0.15, 0.2) is 0 Å². The molecule has 1 aliphatic rings. The van der Waals surface area contributed by atoms with Crippen molar-refractivity contribution >= 4 is 0 Å². The number of rotatable bonds is 2. The standard InChI is InChI=1S/C10H22N2/c1-9(2)7-12(6-5-11)8-10(9,3)4/h5-8,11H2,1-4H3. The second kappa shape index (κ2) is 3.00. The molecule has 0 aromatic carbocycles. The van der Waals surface area contributed by atoms with Crippen LogP contribution in [0.2, 0.25) is 0 Å². The molecule has 0 aliphatic carbocycles. The lowest BCUT2D eigenvalue weighted by Crippen LogP contribution is -2.30. The van der Waals surface area contributed by atoms with Crippen LogP contribution >= 0.6 is 0 Å². The highest BCUT2D eigenvalue weighted by molar-refractivity contribution is 4.96. The zero-order chi connectivity index (χ0) is 9.41. The maximum absolute atomic E-state index is 5.54. The molecular weight excluding hydrogens is 148 g/mol. The predicted molar refractivity (Wildman–Crippen MR) is 53.1 cm³/mol. The Kier molecular flexibility index (Phi) is 2.50. The first-order valence-corrected chi connectivity index (χ1v) is 4.81. The van der Waals surface area contributed by atoms with Gasteiger partial charge in [0.2, 0.25) is 0 Å². The third kappa shape index (κ3) is 1.64. The van der Waals surface area contributed by atoms with E-state index in [0.29, 0.717) is 10.8 Å². The minimum absolute atomic E-state index is 0.433. The van der Waals surface area contributed by atoms with Gasteiger partial charge in [0.15, 0.2) is 0 Å². The molecule has 2 heteroatoms. The second-order valence-electron chi connectivity index (χ2n) is 5.27. The van der Waals surface area contributed by atoms with E-state index in [-0.39, 0.29) is 0 Å². The van der Waals surface area contributed by atoms with Gasteiger partial charge in [-0.1, -0.05) is 27.7 Å². The van der Waals surface area contributed by atoms with Crippen molar-refractivity contribution in [2.75, 3.05) is 26.2 Å². The van der Waals surface area contributed by atoms with Crippen LogP contribution in [0.4, 0.5) is 0 Å². The van der Waals surface area contributed by atoms with Crippen molar-refractivity contribution in [1.29, 1.82) is 0 Å². The fourth-order valence-electron chi connectivity index (χ4n) is 1.94. The molecule has 0 amide bonds. The Morgan fingerprint density at radius 3 is 1.83 bits per heavy atom. The SMILES string of the molecule is CC1(C)CN(CCN)CC1(C)C. The van der Waals surface area contributed by atoms with Crippen LogP contribution in [0.1, 0.15) is 27.7 Å². The maximum Gasteiger partial charge on any atom is 0.0105 e. The van der Waals surface area contributed by atoms with E-state index < -0.39 is 0 Å². The number of hydrogen-bond donors (Lipinski definition) is 1. The highest BCUT2D eigenvalue weighted by Crippen LogP contribution is 2.44. The molecule has 2 nitrogen and oxygen atoms in total. The van der Waals surface area contributed by atoms with Gasteiger partial charge in [-0.3, -0.25) is 0 Å². The van der Waals surface area contributed by atoms with Gasteiger partial charge in [0.25, 0.3) is 0 Å². The summed E-state index contributed by atoms with van der Waals surface area (Å²) in [6.45, 7) is 13.6. The van der Waals surface area contributed by atoms with Crippen LogP contribution in [0.25, 0.3) is 0 Å². The molecule has 0 saturated carbocycles. The molecule has 12 heavy (non-hydrogen) atoms. The summed E-state index contributed by atoms with van der Waals surface area (Å²) >= 11 is 0. The first-order chi connectivity index (χ1) is 5.39. The largest absolute Gasteiger partial charge is 0.329 e. The topological polar surface area (TPSA) is 29.3 Å². The van der Waals surface area contributed by atoms with Gasteiger partial charge >= 0.3 is 0 Å². The zero-order valence-electron chi connectivity index (χ0n) is 8.85. The normalized spacial score (nSPS) is 27.8. The van der Waals surface area contributed by atoms with Crippen LogP contribution in [-0.4, -0.2) is 31.1 Å². The van der Waals surface area contributed by atoms with E-state index >= 15 is 0 Å². The summed E-state index contributed by atoms with van der Waals surface area (Å²) in [6.07, 6.45) is 0. The molecule has 0 aromatic heterocycles. The van der Waals surface area contributed by atoms with Crippen LogP contribution < -0.4 is 5.73 Å². The first-order valence-electron chi connectivity index (χ1n) is 4.81. The third-order valence-electron chi connectivity index (χ3n) is 3.52. The van der Waals surface area contributed by atoms with Gasteiger partial charge in [0, 0.05) is 26.2 Å². The minimum Gasteiger partial charge on any atom is -0.329 e. The summed E-state index contributed by atoms with van der Waals surface area (Å²) in [5.74, 6) is 0. The van der Waals surface area contributed by atoms with Crippen LogP contribution in [-0.2, 0) is 0 Å². The fourth-order valence-corrected chi connectivity index (χ4v) is 1.94. The summed E-state index contributed by atoms with van der Waals surface area (Å²) in [6, 6.07) is 0. The van der Waals surface area contributed by atoms with Gasteiger partial charge in [-0.25, -0.2) is 0 Å². The van der Waals surface area contributed by atoms with E-state index in [1.165, 1.54) is 13.1 Å². The molecule has 1 saturated heterocycles. The molecule has 0 radical (unpaired) electrons. The molecule has 0 unspecified atom stereocenters. The Balaban J connectivity index is 2.61. The van der Waals surface area contributed by atoms with Crippen molar-refractivity contribution in [1.82, 2.24) is 4.90 Å². The predicted octanol–water partition coefficient (Wildman–Crippen LogP) is 1.31. The quantitative estimate of drug-likeness (QED) is 0.677. The summed E-state index contributed by atoms with van der Waals surface area (Å²) in [5.41, 5.74) is 6.41. The molecule has 1 fully saturated rings. The molecule has 1 heterocycles. The lowest BCUT2D eigenvalue weighted by Gasteiger charge is -2.33. The van der Waals surface area contributed by atoms with E-state index in [4.69, 9.17) is 5.73 Å². The van der Waals surface area contributed by atoms with E-state index in [1.807, 2.05) is 0 Å². The van der Waals surface area contributed by atoms with Gasteiger partial charge < -0.3 is 10.6 Å². The van der Waals surface area contributed by atoms with Crippen LogP contribution in [0.5, 0.6) is 0 Å². The van der Waals surface area contributed by atoms with Crippen molar-refractivity contribution in [2.45, 2.75) is 27.7 Å². The van der Waals surface area contributed by atoms with Gasteiger partial charge in [0.1, 0.15) is 0 Å². The molecular formula is C10H22N2. The van der Waals surface area contributed by atoms with E-state index in [1.54, 1.807) is 0 Å². The summed E-state index contributed by atoms with van der Waals surface area (Å²) in [4.78, 5) is 2.47. The Morgan fingerprint density at radius 2 is 1.50 bits per heavy atom. The average molecular weight is 170 g/mol. The molecule has 2 N–H and O–H groups in total. The number of nitrogens with zero attached hydrogens (tertiary/aromatic N) is 1. The number of nitrogens with two attached hydrogens (primary N) is 1. The monoisotopic (exact) mass is 170 g/mol. The van der Waals surface area contributed by atoms with E-state index in [2.05, 4.69) is 32.6 Å². The Hall–Kier alpha value is -0.0800. The Bertz CT molecular complexity index is 145. The zero-order valence-corrected chi connectivity index (χ0v) is 8.85. The molecule has 0 spiro atoms. The highest BCUT2D eigenvalue weighted by atomic mass is 15.2. The van der Waals surface area contributed by atoms with Gasteiger partial charge in [0.05, 0.1) is 0 Å². The van der Waals surface area contributed by atoms with Crippen molar-refractivity contribution in [2.24, 2.45) is 16.6 Å². The van der Waals surface area contributed by atoms with E-state index in [0.717, 1.165) is 13.1 Å². The number of hydrogen-bond acceptors (Lipinski definition) is 2. The molecule has 72 valence electrons. The maximum atomic E-state index is 5.54. The lowest BCUT2D eigenvalue weighted by molar-refractivity contribution is 0.184. The molecule has 0 atom stereocenters. The van der Waals surface area contributed by atoms with Crippen molar-refractivity contribution in [3.63, 3.8) is 0 Å². The summed E-state index contributed by atoms with van der Waals surface area (Å²) < 4.78 is 0. The van der Waals surface area contributed by atoms with Gasteiger partial charge in [-0.2, -0.15) is 0 Å². The summed E-state index contributed by atoms with van der Waals surface area (Å²) in [7, 11) is 0. The van der Waals surface area contributed by atoms with Crippen molar-refractivity contribution in [3.05, 3.63) is 0 Å². The van der Waals surface area contributed by atoms with Crippen LogP contribution in [0, 0.1) is 10.8 Å². The third-order valence-corrected chi connectivity index (χ3v) is 3.52. The second-order valence-corrected chi connectivity index (χ2v) is 5.27. The lowest BCUT2D eigenvalue weighted by atomic mass is 9.71. The van der Waals surface area contributed by atoms with Gasteiger partial charge in [-0.15, -0.1) is 0 Å². The molecule has 1 rings (SSSR count). The van der Waals surface area contributed by atoms with Crippen LogP contribution in [0.3, 0.4) is 0 Å². The minimum atomic E-state index is 0.433. The highest BCUT2D eigenvalue weighted by Gasteiger charge is 2.44. The van der Waals surface area contributed by atoms with Crippen molar-refractivity contribution < 1.29 is 0 Å². The Morgan fingerprint density at radius 1 is 1.08 bits per heavy atom. The summed E-state index contributed by atoms with van der Waals surface area (Å²) in [5, 5.41) is 0. The fraction of sp³-hybridized carbons (Fsp3) is 1.00. The molecule has 0 aromatic rings. The number of likely N-dealkylation sites (tertiary alicyclic amines) is 1.